The molecule has 0 bridgehead atoms. The first-order valence-electron chi connectivity index (χ1n) is 7.92. The van der Waals surface area contributed by atoms with E-state index in [1.165, 1.54) is 11.8 Å². The van der Waals surface area contributed by atoms with Crippen molar-refractivity contribution in [3.05, 3.63) is 88.5 Å². The lowest BCUT2D eigenvalue weighted by atomic mass is 9.82. The Kier molecular flexibility index (Phi) is 3.70. The first-order valence-corrected chi connectivity index (χ1v) is 8.74. The molecule has 0 heterocycles. The van der Waals surface area contributed by atoms with Crippen LogP contribution in [0.25, 0.3) is 0 Å². The van der Waals surface area contributed by atoms with Crippen LogP contribution in [0.1, 0.15) is 37.4 Å². The zero-order chi connectivity index (χ0) is 17.6. The van der Waals surface area contributed by atoms with Crippen LogP contribution in [0.2, 0.25) is 0 Å². The molecule has 122 valence electrons. The van der Waals surface area contributed by atoms with Gasteiger partial charge in [-0.05, 0) is 30.7 Å². The van der Waals surface area contributed by atoms with Crippen LogP contribution in [-0.2, 0) is 0 Å². The predicted octanol–water partition coefficient (Wildman–Crippen LogP) is 4.50. The van der Waals surface area contributed by atoms with Crippen molar-refractivity contribution in [3.8, 4) is 0 Å². The Morgan fingerprint density at radius 1 is 0.800 bits per heavy atom. The van der Waals surface area contributed by atoms with E-state index in [-0.39, 0.29) is 11.6 Å². The average Bonchev–Trinajstić information content (AvgIpc) is 2.63. The summed E-state index contributed by atoms with van der Waals surface area (Å²) in [5.74, 6) is -0.323. The second kappa shape index (κ2) is 5.90. The molecule has 4 rings (SSSR count). The highest BCUT2D eigenvalue weighted by atomic mass is 32.2. The molecule has 0 spiro atoms. The predicted molar refractivity (Wildman–Crippen MR) is 99.5 cm³/mol. The third kappa shape index (κ3) is 2.46. The Morgan fingerprint density at radius 3 is 2.00 bits per heavy atom. The molecule has 0 aliphatic heterocycles. The Bertz CT molecular complexity index is 1030. The van der Waals surface area contributed by atoms with Gasteiger partial charge in [-0.15, -0.1) is 0 Å². The maximum absolute atomic E-state index is 13.1. The number of ketones is 2. The molecule has 1 aliphatic carbocycles. The number of carbonyl (C=O) groups is 2. The van der Waals surface area contributed by atoms with Gasteiger partial charge in [-0.1, -0.05) is 54.2 Å². The number of rotatable bonds is 2. The Labute approximate surface area is 149 Å². The highest BCUT2D eigenvalue weighted by molar-refractivity contribution is 7.99. The topological polar surface area (TPSA) is 60.2 Å². The lowest BCUT2D eigenvalue weighted by Crippen LogP contribution is -2.23. The zero-order valence-corrected chi connectivity index (χ0v) is 14.4. The van der Waals surface area contributed by atoms with Gasteiger partial charge in [0, 0.05) is 32.2 Å². The van der Waals surface area contributed by atoms with Crippen LogP contribution in [0.15, 0.2) is 70.5 Å². The lowest BCUT2D eigenvalue weighted by Gasteiger charge is -2.22. The first-order chi connectivity index (χ1) is 12.1. The van der Waals surface area contributed by atoms with Gasteiger partial charge in [0.2, 0.25) is 0 Å². The molecule has 0 saturated heterocycles. The van der Waals surface area contributed by atoms with E-state index >= 15 is 0 Å². The van der Waals surface area contributed by atoms with Gasteiger partial charge in [-0.25, -0.2) is 0 Å². The van der Waals surface area contributed by atoms with Crippen molar-refractivity contribution >= 4 is 29.0 Å². The summed E-state index contributed by atoms with van der Waals surface area (Å²) in [4.78, 5) is 27.9. The summed E-state index contributed by atoms with van der Waals surface area (Å²) in [7, 11) is 0. The maximum Gasteiger partial charge on any atom is 0.196 e. The number of hydrogen-bond donors (Lipinski definition) is 1. The fourth-order valence-corrected chi connectivity index (χ4v) is 4.19. The molecular weight excluding hydrogens is 330 g/mol. The molecule has 0 atom stereocenters. The van der Waals surface area contributed by atoms with Gasteiger partial charge in [0.25, 0.3) is 0 Å². The summed E-state index contributed by atoms with van der Waals surface area (Å²) in [6.07, 6.45) is 0. The number of nitrogen functional groups attached to an aromatic ring is 1. The van der Waals surface area contributed by atoms with Gasteiger partial charge in [-0.3, -0.25) is 9.59 Å². The Hall–Kier alpha value is -2.85. The summed E-state index contributed by atoms with van der Waals surface area (Å²) in [6.45, 7) is 1.86. The maximum atomic E-state index is 13.1. The standard InChI is InChI=1S/C21H15NO2S/c1-12-11-16(25-13-7-3-2-4-8-13)17-18(19(12)22)21(24)15-10-6-5-9-14(15)20(17)23/h2-11H,22H2,1H3. The van der Waals surface area contributed by atoms with Crippen LogP contribution in [0, 0.1) is 6.92 Å². The first kappa shape index (κ1) is 15.7. The molecule has 1 aliphatic rings. The number of nitrogens with two attached hydrogens (primary N) is 1. The van der Waals surface area contributed by atoms with Crippen molar-refractivity contribution in [2.45, 2.75) is 16.7 Å². The molecule has 0 radical (unpaired) electrons. The number of hydrogen-bond acceptors (Lipinski definition) is 4. The summed E-state index contributed by atoms with van der Waals surface area (Å²) in [5.41, 5.74) is 9.01. The summed E-state index contributed by atoms with van der Waals surface area (Å²) in [5, 5.41) is 0. The highest BCUT2D eigenvalue weighted by Crippen LogP contribution is 2.40. The summed E-state index contributed by atoms with van der Waals surface area (Å²) >= 11 is 1.48. The van der Waals surface area contributed by atoms with Crippen molar-refractivity contribution in [2.75, 3.05) is 5.73 Å². The largest absolute Gasteiger partial charge is 0.398 e. The second-order valence-electron chi connectivity index (χ2n) is 5.97. The molecule has 0 fully saturated rings. The molecular formula is C21H15NO2S. The van der Waals surface area contributed by atoms with Crippen molar-refractivity contribution in [3.63, 3.8) is 0 Å². The molecule has 0 unspecified atom stereocenters. The molecule has 0 amide bonds. The van der Waals surface area contributed by atoms with E-state index < -0.39 is 0 Å². The van der Waals surface area contributed by atoms with Gasteiger partial charge in [-0.2, -0.15) is 0 Å². The van der Waals surface area contributed by atoms with E-state index in [0.717, 1.165) is 15.4 Å². The minimum Gasteiger partial charge on any atom is -0.398 e. The van der Waals surface area contributed by atoms with Crippen molar-refractivity contribution in [1.82, 2.24) is 0 Å². The van der Waals surface area contributed by atoms with Crippen LogP contribution < -0.4 is 5.73 Å². The normalized spacial score (nSPS) is 12.7. The molecule has 3 aromatic rings. The fourth-order valence-electron chi connectivity index (χ4n) is 3.11. The molecule has 25 heavy (non-hydrogen) atoms. The monoisotopic (exact) mass is 345 g/mol. The number of fused-ring (bicyclic) bond motifs is 2. The molecule has 3 aromatic carbocycles. The number of benzene rings is 3. The van der Waals surface area contributed by atoms with Crippen molar-refractivity contribution < 1.29 is 9.59 Å². The third-order valence-corrected chi connectivity index (χ3v) is 5.43. The van der Waals surface area contributed by atoms with Gasteiger partial charge in [0.05, 0.1) is 5.56 Å². The van der Waals surface area contributed by atoms with Crippen molar-refractivity contribution in [2.24, 2.45) is 0 Å². The highest BCUT2D eigenvalue weighted by Gasteiger charge is 2.34. The van der Waals surface area contributed by atoms with E-state index in [4.69, 9.17) is 5.73 Å². The van der Waals surface area contributed by atoms with Crippen LogP contribution >= 0.6 is 11.8 Å². The third-order valence-electron chi connectivity index (χ3n) is 4.38. The van der Waals surface area contributed by atoms with E-state index in [1.807, 2.05) is 43.3 Å². The van der Waals surface area contributed by atoms with Crippen LogP contribution in [0.3, 0.4) is 0 Å². The molecule has 0 aromatic heterocycles. The average molecular weight is 345 g/mol. The summed E-state index contributed by atoms with van der Waals surface area (Å²) < 4.78 is 0. The minimum absolute atomic E-state index is 0.143. The molecule has 3 nitrogen and oxygen atoms in total. The smallest absolute Gasteiger partial charge is 0.196 e. The molecule has 0 saturated carbocycles. The van der Waals surface area contributed by atoms with Crippen LogP contribution in [0.4, 0.5) is 5.69 Å². The van der Waals surface area contributed by atoms with Gasteiger partial charge >= 0.3 is 0 Å². The lowest BCUT2D eigenvalue weighted by molar-refractivity contribution is 0.0977. The number of anilines is 1. The number of carbonyl (C=O) groups excluding carboxylic acids is 2. The van der Waals surface area contributed by atoms with Crippen LogP contribution in [-0.4, -0.2) is 11.6 Å². The van der Waals surface area contributed by atoms with E-state index in [0.29, 0.717) is 27.9 Å². The van der Waals surface area contributed by atoms with Gasteiger partial charge in [0.1, 0.15) is 0 Å². The van der Waals surface area contributed by atoms with Crippen LogP contribution in [0.5, 0.6) is 0 Å². The molecule has 2 N–H and O–H groups in total. The molecule has 4 heteroatoms. The van der Waals surface area contributed by atoms with E-state index in [2.05, 4.69) is 0 Å². The fraction of sp³-hybridized carbons (Fsp3) is 0.0476. The van der Waals surface area contributed by atoms with E-state index in [9.17, 15) is 9.59 Å². The minimum atomic E-state index is -0.179. The van der Waals surface area contributed by atoms with E-state index in [1.54, 1.807) is 24.3 Å². The van der Waals surface area contributed by atoms with Gasteiger partial charge in [0.15, 0.2) is 11.6 Å². The van der Waals surface area contributed by atoms with Crippen molar-refractivity contribution in [1.29, 1.82) is 0 Å². The summed E-state index contributed by atoms with van der Waals surface area (Å²) in [6, 6.07) is 18.6. The van der Waals surface area contributed by atoms with Gasteiger partial charge < -0.3 is 5.73 Å². The zero-order valence-electron chi connectivity index (χ0n) is 13.6. The SMILES string of the molecule is Cc1cc(Sc2ccccc2)c2c(c1N)C(=O)c1ccccc1C2=O. The number of aryl methyl sites for hydroxylation is 1. The second-order valence-corrected chi connectivity index (χ2v) is 7.09. The quantitative estimate of drug-likeness (QED) is 0.543. The Balaban J connectivity index is 1.96. The Morgan fingerprint density at radius 2 is 1.36 bits per heavy atom.